The number of tetrazole rings is 1. The minimum atomic E-state index is -0.644. The first-order valence-corrected chi connectivity index (χ1v) is 12.8. The van der Waals surface area contributed by atoms with Gasteiger partial charge in [-0.05, 0) is 57.4 Å². The second-order valence-corrected chi connectivity index (χ2v) is 9.50. The summed E-state index contributed by atoms with van der Waals surface area (Å²) in [6.45, 7) is 0.318. The summed E-state index contributed by atoms with van der Waals surface area (Å²) in [5.41, 5.74) is 4.78. The largest absolute Gasteiger partial charge is 0.487 e. The maximum atomic E-state index is 14.4. The number of hydrogen-bond donors (Lipinski definition) is 3. The minimum absolute atomic E-state index is 0.00273. The number of aromatic amines is 1. The predicted molar refractivity (Wildman–Crippen MR) is 152 cm³/mol. The summed E-state index contributed by atoms with van der Waals surface area (Å²) in [5, 5.41) is 20.0. The second kappa shape index (κ2) is 11.0. The molecule has 2 heterocycles. The molecule has 8 nitrogen and oxygen atoms in total. The topological polar surface area (TPSA) is 105 Å². The number of benzene rings is 4. The molecule has 3 N–H and O–H groups in total. The zero-order valence-corrected chi connectivity index (χ0v) is 21.7. The lowest BCUT2D eigenvalue weighted by Gasteiger charge is -2.21. The molecule has 0 aliphatic carbocycles. The molecule has 40 heavy (non-hydrogen) atoms. The number of nitrogens with one attached hydrogen (secondary N) is 3. The zero-order valence-electron chi connectivity index (χ0n) is 20.9. The highest BCUT2D eigenvalue weighted by Crippen LogP contribution is 2.44. The molecule has 1 aliphatic rings. The van der Waals surface area contributed by atoms with Crippen molar-refractivity contribution >= 4 is 29.0 Å². The third kappa shape index (κ3) is 5.14. The lowest BCUT2D eigenvalue weighted by atomic mass is 9.87. The third-order valence-corrected chi connectivity index (χ3v) is 6.76. The minimum Gasteiger partial charge on any atom is -0.487 e. The van der Waals surface area contributed by atoms with Crippen molar-refractivity contribution in [3.8, 4) is 28.3 Å². The van der Waals surface area contributed by atoms with Crippen LogP contribution in [0.5, 0.6) is 5.75 Å². The van der Waals surface area contributed by atoms with Crippen molar-refractivity contribution in [2.24, 2.45) is 0 Å². The number of allylic oxidation sites excluding steroid dienone is 1. The Hall–Kier alpha value is -5.02. The number of hydrogen-bond acceptors (Lipinski definition) is 5. The predicted octanol–water partition coefficient (Wildman–Crippen LogP) is 7.05. The van der Waals surface area contributed by atoms with Crippen molar-refractivity contribution in [1.29, 1.82) is 0 Å². The number of carbonyl (C=O) groups is 1. The van der Waals surface area contributed by atoms with E-state index in [0.29, 0.717) is 23.9 Å². The summed E-state index contributed by atoms with van der Waals surface area (Å²) >= 11 is 5.86. The number of H-pyrrole nitrogens is 1. The van der Waals surface area contributed by atoms with E-state index in [0.717, 1.165) is 33.9 Å². The first-order chi connectivity index (χ1) is 19.6. The fraction of sp³-hybridized carbons (Fsp3) is 0.0667. The van der Waals surface area contributed by atoms with E-state index in [-0.39, 0.29) is 16.6 Å². The highest BCUT2D eigenvalue weighted by molar-refractivity contribution is 6.30. The Kier molecular flexibility index (Phi) is 6.95. The van der Waals surface area contributed by atoms with Gasteiger partial charge < -0.3 is 15.4 Å². The molecule has 4 aromatic carbocycles. The third-order valence-electron chi connectivity index (χ3n) is 6.53. The van der Waals surface area contributed by atoms with Gasteiger partial charge in [-0.1, -0.05) is 78.4 Å². The molecule has 0 radical (unpaired) electrons. The number of fused-ring (bicyclic) bond motifs is 1. The van der Waals surface area contributed by atoms with E-state index < -0.39 is 11.8 Å². The van der Waals surface area contributed by atoms with E-state index in [9.17, 15) is 9.18 Å². The molecule has 0 spiro atoms. The van der Waals surface area contributed by atoms with E-state index in [1.54, 1.807) is 0 Å². The maximum Gasteiger partial charge on any atom is 0.323 e. The molecule has 2 amide bonds. The molecule has 6 rings (SSSR count). The van der Waals surface area contributed by atoms with Crippen molar-refractivity contribution < 1.29 is 13.9 Å². The number of aromatic nitrogens is 4. The van der Waals surface area contributed by atoms with Gasteiger partial charge in [0, 0.05) is 22.1 Å². The number of halogens is 2. The SMILES string of the molecule is O=C(Nc1ccc(Cl)cc1F)Nc1cc(-c2ccccc2-c2nnn[nH]2)cc2c1OCC=C[C@@H]2c1ccccc1. The smallest absolute Gasteiger partial charge is 0.323 e. The van der Waals surface area contributed by atoms with Crippen LogP contribution in [0.2, 0.25) is 5.02 Å². The monoisotopic (exact) mass is 552 g/mol. The van der Waals surface area contributed by atoms with Gasteiger partial charge in [0.15, 0.2) is 5.82 Å². The second-order valence-electron chi connectivity index (χ2n) is 9.07. The first kappa shape index (κ1) is 25.3. The Morgan fingerprint density at radius 1 is 0.950 bits per heavy atom. The van der Waals surface area contributed by atoms with Crippen LogP contribution < -0.4 is 15.4 Å². The van der Waals surface area contributed by atoms with E-state index >= 15 is 0 Å². The fourth-order valence-electron chi connectivity index (χ4n) is 4.75. The molecule has 1 atom stereocenters. The molecular weight excluding hydrogens is 531 g/mol. The molecule has 1 aliphatic heterocycles. The van der Waals surface area contributed by atoms with Gasteiger partial charge in [0.25, 0.3) is 0 Å². The van der Waals surface area contributed by atoms with Crippen LogP contribution in [-0.4, -0.2) is 33.3 Å². The quantitative estimate of drug-likeness (QED) is 0.203. The van der Waals surface area contributed by atoms with Crippen LogP contribution in [0.3, 0.4) is 0 Å². The number of amides is 2. The number of rotatable bonds is 5. The maximum absolute atomic E-state index is 14.4. The lowest BCUT2D eigenvalue weighted by molar-refractivity contribution is 0.262. The standard InChI is InChI=1S/C30H22ClFN6O2/c31-20-12-13-26(25(32)17-20)33-30(39)34-27-16-19(22-9-4-5-10-23(22)29-35-37-38-36-29)15-24-21(11-6-14-40-28(24)27)18-7-2-1-3-8-18/h1-13,15-17,21H,14H2,(H2,33,34,39)(H,35,36,37,38)/t21-/m1/s1. The average Bonchev–Trinajstić information content (AvgIpc) is 3.42. The number of nitrogens with zero attached hydrogens (tertiary/aromatic N) is 3. The summed E-state index contributed by atoms with van der Waals surface area (Å²) in [4.78, 5) is 13.1. The van der Waals surface area contributed by atoms with Crippen molar-refractivity contribution in [3.05, 3.63) is 119 Å². The number of carbonyl (C=O) groups excluding carboxylic acids is 1. The van der Waals surface area contributed by atoms with Gasteiger partial charge in [0.05, 0.1) is 11.4 Å². The van der Waals surface area contributed by atoms with Gasteiger partial charge >= 0.3 is 6.03 Å². The summed E-state index contributed by atoms with van der Waals surface area (Å²) in [6, 6.07) is 25.0. The molecule has 0 unspecified atom stereocenters. The Morgan fingerprint density at radius 3 is 2.50 bits per heavy atom. The number of ether oxygens (including phenoxy) is 1. The van der Waals surface area contributed by atoms with Crippen LogP contribution in [0, 0.1) is 5.82 Å². The molecule has 1 aromatic heterocycles. The van der Waals surface area contributed by atoms with E-state index in [2.05, 4.69) is 37.3 Å². The van der Waals surface area contributed by atoms with Gasteiger partial charge in [-0.25, -0.2) is 14.3 Å². The Morgan fingerprint density at radius 2 is 1.73 bits per heavy atom. The molecular formula is C30H22ClFN6O2. The van der Waals surface area contributed by atoms with Crippen LogP contribution in [0.1, 0.15) is 17.0 Å². The number of anilines is 2. The van der Waals surface area contributed by atoms with Crippen LogP contribution >= 0.6 is 11.6 Å². The van der Waals surface area contributed by atoms with Crippen LogP contribution in [0.4, 0.5) is 20.6 Å². The summed E-state index contributed by atoms with van der Waals surface area (Å²) < 4.78 is 20.6. The molecule has 10 heteroatoms. The average molecular weight is 553 g/mol. The summed E-state index contributed by atoms with van der Waals surface area (Å²) in [5.74, 6) is 0.240. The van der Waals surface area contributed by atoms with Gasteiger partial charge in [0.1, 0.15) is 18.2 Å². The van der Waals surface area contributed by atoms with Gasteiger partial charge in [-0.15, -0.1) is 5.10 Å². The highest BCUT2D eigenvalue weighted by atomic mass is 35.5. The number of urea groups is 1. The van der Waals surface area contributed by atoms with Crippen molar-refractivity contribution in [1.82, 2.24) is 20.6 Å². The van der Waals surface area contributed by atoms with E-state index in [1.165, 1.54) is 12.1 Å². The molecule has 0 bridgehead atoms. The molecule has 198 valence electrons. The van der Waals surface area contributed by atoms with Crippen LogP contribution in [-0.2, 0) is 0 Å². The molecule has 5 aromatic rings. The van der Waals surface area contributed by atoms with Crippen LogP contribution in [0.15, 0.2) is 97.1 Å². The Balaban J connectivity index is 1.47. The van der Waals surface area contributed by atoms with Crippen molar-refractivity contribution in [2.75, 3.05) is 17.2 Å². The zero-order chi connectivity index (χ0) is 27.5. The normalized spacial score (nSPS) is 14.1. The Labute approximate surface area is 233 Å². The van der Waals surface area contributed by atoms with Crippen molar-refractivity contribution in [2.45, 2.75) is 5.92 Å². The van der Waals surface area contributed by atoms with Gasteiger partial charge in [-0.2, -0.15) is 0 Å². The van der Waals surface area contributed by atoms with Gasteiger partial charge in [0.2, 0.25) is 0 Å². The Bertz CT molecular complexity index is 1710. The van der Waals surface area contributed by atoms with Crippen LogP contribution in [0.25, 0.3) is 22.5 Å². The summed E-state index contributed by atoms with van der Waals surface area (Å²) in [7, 11) is 0. The molecule has 0 fully saturated rings. The molecule has 0 saturated heterocycles. The first-order valence-electron chi connectivity index (χ1n) is 12.5. The molecule has 0 saturated carbocycles. The lowest BCUT2D eigenvalue weighted by Crippen LogP contribution is -2.21. The van der Waals surface area contributed by atoms with E-state index in [1.807, 2.05) is 72.8 Å². The van der Waals surface area contributed by atoms with E-state index in [4.69, 9.17) is 16.3 Å². The highest BCUT2D eigenvalue weighted by Gasteiger charge is 2.25. The van der Waals surface area contributed by atoms with Crippen molar-refractivity contribution in [3.63, 3.8) is 0 Å². The fourth-order valence-corrected chi connectivity index (χ4v) is 4.91. The van der Waals surface area contributed by atoms with Gasteiger partial charge in [-0.3, -0.25) is 0 Å². The summed E-state index contributed by atoms with van der Waals surface area (Å²) in [6.07, 6.45) is 4.04.